The first-order valence-electron chi connectivity index (χ1n) is 17.2. The van der Waals surface area contributed by atoms with E-state index in [-0.39, 0.29) is 18.5 Å². The third kappa shape index (κ3) is 27.1. The smallest absolute Gasteiger partial charge is 0.308 e. The van der Waals surface area contributed by atoms with Crippen molar-refractivity contribution >= 4 is 12.4 Å². The summed E-state index contributed by atoms with van der Waals surface area (Å²) >= 11 is 0. The normalized spacial score (nSPS) is 12.1. The molecule has 40 heavy (non-hydrogen) atoms. The van der Waals surface area contributed by atoms with Crippen LogP contribution < -0.4 is 0 Å². The van der Waals surface area contributed by atoms with Crippen molar-refractivity contribution < 1.29 is 24.2 Å². The topological polar surface area (TPSA) is 76.1 Å². The largest absolute Gasteiger partial charge is 0.468 e. The number of aliphatic hydroxyl groups is 1. The number of ether oxygens (including phenoxy) is 2. The van der Waals surface area contributed by atoms with Gasteiger partial charge >= 0.3 is 5.97 Å². The Balaban J connectivity index is 4.13. The first kappa shape index (κ1) is 38.9. The van der Waals surface area contributed by atoms with E-state index in [2.05, 4.69) is 18.7 Å². The predicted molar refractivity (Wildman–Crippen MR) is 168 cm³/mol. The van der Waals surface area contributed by atoms with Crippen LogP contribution in [0.1, 0.15) is 162 Å². The molecule has 238 valence electrons. The second-order valence-corrected chi connectivity index (χ2v) is 11.7. The Bertz CT molecular complexity index is 530. The molecule has 1 N–H and O–H groups in total. The molecule has 0 aliphatic rings. The number of carbonyl (C=O) groups excluding carboxylic acids is 2. The van der Waals surface area contributed by atoms with Crippen LogP contribution in [0.4, 0.5) is 0 Å². The minimum atomic E-state index is 0.0522. The van der Waals surface area contributed by atoms with Crippen LogP contribution in [0, 0.1) is 5.92 Å². The zero-order valence-electron chi connectivity index (χ0n) is 26.7. The maximum atomic E-state index is 12.8. The zero-order chi connectivity index (χ0) is 29.4. The number of esters is 1. The molecule has 0 aromatic heterocycles. The summed E-state index contributed by atoms with van der Waals surface area (Å²) in [6.45, 7) is 9.67. The first-order valence-corrected chi connectivity index (χ1v) is 17.2. The molecule has 0 rings (SSSR count). The lowest BCUT2D eigenvalue weighted by Crippen LogP contribution is -2.27. The maximum absolute atomic E-state index is 12.8. The third-order valence-corrected chi connectivity index (χ3v) is 7.95. The van der Waals surface area contributed by atoms with Gasteiger partial charge in [-0.3, -0.25) is 9.59 Å². The van der Waals surface area contributed by atoms with Gasteiger partial charge < -0.3 is 19.5 Å². The van der Waals surface area contributed by atoms with Crippen molar-refractivity contribution in [3.63, 3.8) is 0 Å². The predicted octanol–water partition coefficient (Wildman–Crippen LogP) is 8.63. The number of hydrogen-bond donors (Lipinski definition) is 1. The molecule has 0 heterocycles. The zero-order valence-corrected chi connectivity index (χ0v) is 26.7. The molecule has 0 fully saturated rings. The summed E-state index contributed by atoms with van der Waals surface area (Å²) in [6.07, 6.45) is 26.5. The lowest BCUT2D eigenvalue weighted by molar-refractivity contribution is -0.149. The van der Waals surface area contributed by atoms with Crippen LogP contribution in [-0.2, 0) is 19.1 Å². The van der Waals surface area contributed by atoms with Crippen LogP contribution in [0.15, 0.2) is 0 Å². The van der Waals surface area contributed by atoms with Crippen molar-refractivity contribution in [3.8, 4) is 0 Å². The Hall–Kier alpha value is -1.14. The molecule has 0 aliphatic heterocycles. The van der Waals surface area contributed by atoms with Crippen LogP contribution in [0.5, 0.6) is 0 Å². The Kier molecular flexibility index (Phi) is 31.5. The van der Waals surface area contributed by atoms with E-state index in [0.717, 1.165) is 83.8 Å². The summed E-state index contributed by atoms with van der Waals surface area (Å²) in [5.74, 6) is 0.150. The van der Waals surface area contributed by atoms with Gasteiger partial charge in [0.15, 0.2) is 0 Å². The van der Waals surface area contributed by atoms with Gasteiger partial charge in [0.05, 0.1) is 19.1 Å². The average Bonchev–Trinajstić information content (AvgIpc) is 2.96. The van der Waals surface area contributed by atoms with Gasteiger partial charge in [-0.2, -0.15) is 0 Å². The molecule has 0 spiro atoms. The van der Waals surface area contributed by atoms with E-state index in [9.17, 15) is 9.59 Å². The van der Waals surface area contributed by atoms with Crippen LogP contribution >= 0.6 is 0 Å². The number of aliphatic hydroxyl groups excluding tert-OH is 1. The van der Waals surface area contributed by atoms with Crippen molar-refractivity contribution in [1.29, 1.82) is 0 Å². The van der Waals surface area contributed by atoms with Crippen LogP contribution in [0.3, 0.4) is 0 Å². The van der Waals surface area contributed by atoms with E-state index in [1.165, 1.54) is 83.5 Å². The molecule has 0 saturated heterocycles. The highest BCUT2D eigenvalue weighted by atomic mass is 16.5. The Morgan fingerprint density at radius 2 is 1.07 bits per heavy atom. The second kappa shape index (κ2) is 32.4. The van der Waals surface area contributed by atoms with Crippen molar-refractivity contribution in [1.82, 2.24) is 4.90 Å². The molecule has 0 amide bonds. The molecule has 0 bridgehead atoms. The van der Waals surface area contributed by atoms with E-state index >= 15 is 0 Å². The second-order valence-electron chi connectivity index (χ2n) is 11.7. The van der Waals surface area contributed by atoms with Crippen molar-refractivity contribution in [3.05, 3.63) is 0 Å². The van der Waals surface area contributed by atoms with E-state index in [0.29, 0.717) is 19.7 Å². The van der Waals surface area contributed by atoms with Gasteiger partial charge in [0.25, 0.3) is 6.47 Å². The summed E-state index contributed by atoms with van der Waals surface area (Å²) in [5, 5.41) is 9.14. The molecular formula is C34H67NO5. The Morgan fingerprint density at radius 3 is 1.62 bits per heavy atom. The molecule has 6 nitrogen and oxygen atoms in total. The van der Waals surface area contributed by atoms with E-state index in [1.807, 2.05) is 0 Å². The highest BCUT2D eigenvalue weighted by Gasteiger charge is 2.19. The van der Waals surface area contributed by atoms with Crippen LogP contribution in [0.2, 0.25) is 0 Å². The SMILES string of the molecule is CCCCCCCCC(CCCCCC)C(=O)OCCCCCCN(CCCCO)CCCCCCCOC=O. The van der Waals surface area contributed by atoms with Gasteiger partial charge in [0.2, 0.25) is 0 Å². The fourth-order valence-corrected chi connectivity index (χ4v) is 5.33. The number of carbonyl (C=O) groups is 2. The van der Waals surface area contributed by atoms with Gasteiger partial charge in [-0.25, -0.2) is 0 Å². The molecule has 0 saturated carbocycles. The van der Waals surface area contributed by atoms with Crippen LogP contribution in [0.25, 0.3) is 0 Å². The fraction of sp³-hybridized carbons (Fsp3) is 0.941. The number of nitrogens with zero attached hydrogens (tertiary/aromatic N) is 1. The highest BCUT2D eigenvalue weighted by molar-refractivity contribution is 5.72. The number of hydrogen-bond acceptors (Lipinski definition) is 6. The Morgan fingerprint density at radius 1 is 0.625 bits per heavy atom. The molecular weight excluding hydrogens is 502 g/mol. The van der Waals surface area contributed by atoms with E-state index < -0.39 is 0 Å². The van der Waals surface area contributed by atoms with E-state index in [1.54, 1.807) is 0 Å². The third-order valence-electron chi connectivity index (χ3n) is 7.95. The molecule has 0 aromatic carbocycles. The van der Waals surface area contributed by atoms with Crippen molar-refractivity contribution in [2.45, 2.75) is 162 Å². The summed E-state index contributed by atoms with van der Waals surface area (Å²) in [6, 6.07) is 0. The summed E-state index contributed by atoms with van der Waals surface area (Å²) < 4.78 is 10.5. The minimum Gasteiger partial charge on any atom is -0.468 e. The van der Waals surface area contributed by atoms with Crippen molar-refractivity contribution in [2.24, 2.45) is 5.92 Å². The standard InChI is InChI=1S/C34H67NO5/c1-3-5-7-9-11-17-25-33(24-16-8-6-4-2)34(38)40-31-23-15-13-19-27-35(28-20-21-29-36)26-18-12-10-14-22-30-39-32-37/h32-33,36H,3-31H2,1-2H3. The highest BCUT2D eigenvalue weighted by Crippen LogP contribution is 2.21. The molecule has 1 unspecified atom stereocenters. The van der Waals surface area contributed by atoms with Gasteiger partial charge in [0.1, 0.15) is 0 Å². The molecule has 6 heteroatoms. The van der Waals surface area contributed by atoms with Gasteiger partial charge in [-0.05, 0) is 71.0 Å². The van der Waals surface area contributed by atoms with Crippen LogP contribution in [-0.4, -0.2) is 61.9 Å². The monoisotopic (exact) mass is 570 g/mol. The summed E-state index contributed by atoms with van der Waals surface area (Å²) in [4.78, 5) is 25.6. The molecule has 0 aromatic rings. The number of rotatable bonds is 33. The maximum Gasteiger partial charge on any atom is 0.308 e. The summed E-state index contributed by atoms with van der Waals surface area (Å²) in [7, 11) is 0. The van der Waals surface area contributed by atoms with E-state index in [4.69, 9.17) is 14.6 Å². The Labute approximate surface area is 248 Å². The summed E-state index contributed by atoms with van der Waals surface area (Å²) in [5.41, 5.74) is 0. The number of unbranched alkanes of at least 4 members (excludes halogenated alkanes) is 16. The van der Waals surface area contributed by atoms with Gasteiger partial charge in [0, 0.05) is 6.61 Å². The van der Waals surface area contributed by atoms with Gasteiger partial charge in [-0.15, -0.1) is 0 Å². The lowest BCUT2D eigenvalue weighted by atomic mass is 9.94. The minimum absolute atomic E-state index is 0.0522. The quantitative estimate of drug-likeness (QED) is 0.0484. The fourth-order valence-electron chi connectivity index (χ4n) is 5.33. The first-order chi connectivity index (χ1) is 19.7. The molecule has 0 radical (unpaired) electrons. The molecule has 1 atom stereocenters. The molecule has 0 aliphatic carbocycles. The van der Waals surface area contributed by atoms with Crippen molar-refractivity contribution in [2.75, 3.05) is 39.5 Å². The average molecular weight is 570 g/mol. The van der Waals surface area contributed by atoms with Gasteiger partial charge in [-0.1, -0.05) is 110 Å². The lowest BCUT2D eigenvalue weighted by Gasteiger charge is -2.22.